The van der Waals surface area contributed by atoms with E-state index in [1.165, 1.54) is 17.2 Å². The maximum absolute atomic E-state index is 13.6. The average Bonchev–Trinajstić information content (AvgIpc) is 3.50. The van der Waals surface area contributed by atoms with Crippen LogP contribution in [0.1, 0.15) is 33.2 Å². The second kappa shape index (κ2) is 9.96. The van der Waals surface area contributed by atoms with Crippen LogP contribution in [0, 0.1) is 6.92 Å². The minimum absolute atomic E-state index is 0.0606. The number of carbonyl (C=O) groups excluding carboxylic acids is 2. The summed E-state index contributed by atoms with van der Waals surface area (Å²) in [6, 6.07) is 13.1. The van der Waals surface area contributed by atoms with Crippen molar-refractivity contribution in [3.63, 3.8) is 0 Å². The molecule has 0 aliphatic carbocycles. The Kier molecular flexibility index (Phi) is 6.52. The van der Waals surface area contributed by atoms with Gasteiger partial charge in [-0.3, -0.25) is 14.5 Å². The fraction of sp³-hybridized carbons (Fsp3) is 0.160. The smallest absolute Gasteiger partial charge is 0.503 e. The van der Waals surface area contributed by atoms with E-state index < -0.39 is 35.6 Å². The van der Waals surface area contributed by atoms with Crippen molar-refractivity contribution in [2.45, 2.75) is 25.9 Å². The van der Waals surface area contributed by atoms with E-state index in [1.54, 1.807) is 37.3 Å². The van der Waals surface area contributed by atoms with Crippen molar-refractivity contribution < 1.29 is 32.6 Å². The van der Waals surface area contributed by atoms with Gasteiger partial charge in [0, 0.05) is 5.56 Å². The lowest BCUT2D eigenvalue weighted by molar-refractivity contribution is -0.274. The van der Waals surface area contributed by atoms with Gasteiger partial charge in [-0.25, -0.2) is 0 Å². The number of carbonyl (C=O) groups is 2. The number of halogens is 3. The van der Waals surface area contributed by atoms with E-state index in [0.717, 1.165) is 34.7 Å². The molecular formula is C25H18F3N7O4. The molecule has 1 aliphatic heterocycles. The predicted octanol–water partition coefficient (Wildman–Crippen LogP) is 3.50. The molecule has 1 atom stereocenters. The second-order valence-electron chi connectivity index (χ2n) is 8.48. The van der Waals surface area contributed by atoms with E-state index >= 15 is 0 Å². The Balaban J connectivity index is 1.53. The number of Topliss-reactive ketones (excluding diaryl/α,β-unsaturated/α-hetero) is 1. The van der Waals surface area contributed by atoms with E-state index in [2.05, 4.69) is 30.3 Å². The third-order valence-corrected chi connectivity index (χ3v) is 5.84. The second-order valence-corrected chi connectivity index (χ2v) is 8.48. The monoisotopic (exact) mass is 537 g/mol. The molecule has 0 saturated heterocycles. The predicted molar refractivity (Wildman–Crippen MR) is 127 cm³/mol. The number of aliphatic hydroxyl groups is 1. The summed E-state index contributed by atoms with van der Waals surface area (Å²) in [5.41, 5.74) is 1.52. The summed E-state index contributed by atoms with van der Waals surface area (Å²) < 4.78 is 41.5. The Bertz CT molecular complexity index is 1540. The molecule has 2 aromatic heterocycles. The lowest BCUT2D eigenvalue weighted by atomic mass is 9.92. The first-order valence-electron chi connectivity index (χ1n) is 11.4. The number of anilines is 1. The first kappa shape index (κ1) is 25.5. The van der Waals surface area contributed by atoms with Gasteiger partial charge in [0.05, 0.1) is 23.9 Å². The number of ketones is 1. The molecule has 2 aromatic carbocycles. The third kappa shape index (κ3) is 5.30. The van der Waals surface area contributed by atoms with Crippen molar-refractivity contribution >= 4 is 17.5 Å². The van der Waals surface area contributed by atoms with E-state index in [-0.39, 0.29) is 17.0 Å². The van der Waals surface area contributed by atoms with Gasteiger partial charge in [-0.15, -0.1) is 28.5 Å². The summed E-state index contributed by atoms with van der Waals surface area (Å²) in [5, 5.41) is 30.3. The van der Waals surface area contributed by atoms with Gasteiger partial charge in [0.2, 0.25) is 0 Å². The van der Waals surface area contributed by atoms with E-state index in [0.29, 0.717) is 17.8 Å². The first-order chi connectivity index (χ1) is 18.6. The van der Waals surface area contributed by atoms with Gasteiger partial charge in [0.1, 0.15) is 5.75 Å². The molecule has 39 heavy (non-hydrogen) atoms. The normalized spacial score (nSPS) is 15.6. The lowest BCUT2D eigenvalue weighted by Crippen LogP contribution is -2.32. The van der Waals surface area contributed by atoms with E-state index in [9.17, 15) is 27.9 Å². The highest BCUT2D eigenvalue weighted by Gasteiger charge is 2.45. The molecule has 1 N–H and O–H groups in total. The SMILES string of the molecule is Cc1ccc(N2C(=O)C(O)=C(C(=O)c3ccc(OC(F)(F)F)cc3)C2c2ccc(Cn3ncnn3)cc2)nn1. The van der Waals surface area contributed by atoms with Crippen molar-refractivity contribution in [3.05, 3.63) is 101 Å². The minimum Gasteiger partial charge on any atom is -0.503 e. The number of nitrogens with zero attached hydrogens (tertiary/aromatic N) is 7. The highest BCUT2D eigenvalue weighted by atomic mass is 19.4. The molecule has 0 bridgehead atoms. The lowest BCUT2D eigenvalue weighted by Gasteiger charge is -2.25. The number of rotatable bonds is 7. The van der Waals surface area contributed by atoms with Crippen molar-refractivity contribution in [2.75, 3.05) is 4.90 Å². The van der Waals surface area contributed by atoms with Crippen LogP contribution in [-0.2, 0) is 11.3 Å². The van der Waals surface area contributed by atoms with Crippen molar-refractivity contribution in [1.29, 1.82) is 0 Å². The number of aromatic nitrogens is 6. The molecule has 3 heterocycles. The quantitative estimate of drug-likeness (QED) is 0.351. The van der Waals surface area contributed by atoms with Gasteiger partial charge < -0.3 is 9.84 Å². The van der Waals surface area contributed by atoms with Crippen LogP contribution < -0.4 is 9.64 Å². The molecule has 14 heteroatoms. The Morgan fingerprint density at radius 1 is 1.03 bits per heavy atom. The van der Waals surface area contributed by atoms with Crippen LogP contribution in [0.15, 0.2) is 78.3 Å². The van der Waals surface area contributed by atoms with Crippen LogP contribution in [0.25, 0.3) is 0 Å². The van der Waals surface area contributed by atoms with Crippen LogP contribution in [-0.4, -0.2) is 53.6 Å². The third-order valence-electron chi connectivity index (χ3n) is 5.84. The summed E-state index contributed by atoms with van der Waals surface area (Å²) in [5.74, 6) is -2.88. The zero-order valence-corrected chi connectivity index (χ0v) is 20.1. The number of benzene rings is 2. The Morgan fingerprint density at radius 3 is 2.33 bits per heavy atom. The highest BCUT2D eigenvalue weighted by Crippen LogP contribution is 2.41. The zero-order chi connectivity index (χ0) is 27.7. The Hall–Kier alpha value is -5.14. The molecule has 0 spiro atoms. The molecule has 11 nitrogen and oxygen atoms in total. The summed E-state index contributed by atoms with van der Waals surface area (Å²) in [7, 11) is 0. The zero-order valence-electron chi connectivity index (χ0n) is 20.1. The minimum atomic E-state index is -4.90. The van der Waals surface area contributed by atoms with Crippen LogP contribution in [0.4, 0.5) is 19.0 Å². The molecule has 4 aromatic rings. The number of aryl methyl sites for hydroxylation is 1. The summed E-state index contributed by atoms with van der Waals surface area (Å²) in [6.45, 7) is 2.02. The van der Waals surface area contributed by atoms with Crippen molar-refractivity contribution in [2.24, 2.45) is 0 Å². The standard InChI is InChI=1S/C25H18F3N7O4/c1-14-2-11-19(32-31-14)35-21(16-5-3-15(4-6-16)12-34-30-13-29-33-34)20(23(37)24(35)38)22(36)17-7-9-18(10-8-17)39-25(26,27)28/h2-11,13,21,37H,12H2,1H3. The number of hydrogen-bond acceptors (Lipinski definition) is 9. The van der Waals surface area contributed by atoms with E-state index in [4.69, 9.17) is 0 Å². The maximum atomic E-state index is 13.6. The average molecular weight is 537 g/mol. The number of hydrogen-bond donors (Lipinski definition) is 1. The van der Waals surface area contributed by atoms with Gasteiger partial charge in [0.25, 0.3) is 5.91 Å². The molecule has 198 valence electrons. The van der Waals surface area contributed by atoms with Crippen molar-refractivity contribution in [3.8, 4) is 5.75 Å². The maximum Gasteiger partial charge on any atom is 0.573 e. The highest BCUT2D eigenvalue weighted by molar-refractivity contribution is 6.20. The van der Waals surface area contributed by atoms with E-state index in [1.807, 2.05) is 0 Å². The van der Waals surface area contributed by atoms with Crippen LogP contribution in [0.5, 0.6) is 5.75 Å². The van der Waals surface area contributed by atoms with Crippen molar-refractivity contribution in [1.82, 2.24) is 30.4 Å². The van der Waals surface area contributed by atoms with Gasteiger partial charge in [0.15, 0.2) is 23.7 Å². The Labute approximate surface area is 218 Å². The fourth-order valence-corrected chi connectivity index (χ4v) is 4.10. The molecule has 1 unspecified atom stereocenters. The van der Waals surface area contributed by atoms with Crippen LogP contribution >= 0.6 is 0 Å². The fourth-order valence-electron chi connectivity index (χ4n) is 4.10. The first-order valence-corrected chi connectivity index (χ1v) is 11.4. The molecule has 1 amide bonds. The molecule has 5 rings (SSSR count). The summed E-state index contributed by atoms with van der Waals surface area (Å²) in [4.78, 5) is 29.3. The molecule has 0 radical (unpaired) electrons. The number of ether oxygens (including phenoxy) is 1. The van der Waals surface area contributed by atoms with Crippen LogP contribution in [0.2, 0.25) is 0 Å². The number of amides is 1. The molecule has 1 aliphatic rings. The molecule has 0 saturated carbocycles. The summed E-state index contributed by atoms with van der Waals surface area (Å²) in [6.07, 6.45) is -3.60. The number of aliphatic hydroxyl groups excluding tert-OH is 1. The van der Waals surface area contributed by atoms with Gasteiger partial charge in [-0.2, -0.15) is 9.90 Å². The molecular weight excluding hydrogens is 519 g/mol. The molecule has 0 fully saturated rings. The van der Waals surface area contributed by atoms with Gasteiger partial charge >= 0.3 is 6.36 Å². The summed E-state index contributed by atoms with van der Waals surface area (Å²) >= 11 is 0. The topological polar surface area (TPSA) is 136 Å². The number of tetrazole rings is 1. The van der Waals surface area contributed by atoms with Gasteiger partial charge in [-0.05, 0) is 59.7 Å². The van der Waals surface area contributed by atoms with Gasteiger partial charge in [-0.1, -0.05) is 24.3 Å². The Morgan fingerprint density at radius 2 is 1.74 bits per heavy atom. The largest absolute Gasteiger partial charge is 0.573 e. The number of alkyl halides is 3. The van der Waals surface area contributed by atoms with Crippen LogP contribution in [0.3, 0.4) is 0 Å².